The number of rotatable bonds is 2. The van der Waals surface area contributed by atoms with E-state index in [0.717, 1.165) is 11.4 Å². The van der Waals surface area contributed by atoms with Crippen molar-refractivity contribution in [3.8, 4) is 11.4 Å². The summed E-state index contributed by atoms with van der Waals surface area (Å²) in [5.41, 5.74) is 0.999. The van der Waals surface area contributed by atoms with Gasteiger partial charge in [0.2, 0.25) is 10.7 Å². The number of hydrogen-bond donors (Lipinski definition) is 1. The molecule has 0 atom stereocenters. The van der Waals surface area contributed by atoms with E-state index < -0.39 is 0 Å². The van der Waals surface area contributed by atoms with Gasteiger partial charge in [0, 0.05) is 19.7 Å². The number of benzene rings is 1. The van der Waals surface area contributed by atoms with Gasteiger partial charge in [-0.15, -0.1) is 0 Å². The average molecular weight is 232 g/mol. The monoisotopic (exact) mass is 232 g/mol. The fourth-order valence-corrected chi connectivity index (χ4v) is 1.50. The Kier molecular flexibility index (Phi) is 2.96. The number of hydrogen-bond acceptors (Lipinski definition) is 4. The van der Waals surface area contributed by atoms with Crippen LogP contribution in [0.15, 0.2) is 30.3 Å². The predicted molar refractivity (Wildman–Crippen MR) is 67.0 cm³/mol. The van der Waals surface area contributed by atoms with Gasteiger partial charge in [-0.3, -0.25) is 0 Å². The summed E-state index contributed by atoms with van der Waals surface area (Å²) in [6.45, 7) is 0. The van der Waals surface area contributed by atoms with Crippen LogP contribution in [0.3, 0.4) is 0 Å². The van der Waals surface area contributed by atoms with E-state index in [-0.39, 0.29) is 0 Å². The molecule has 0 spiro atoms. The molecule has 0 aliphatic carbocycles. The Balaban J connectivity index is 2.54. The quantitative estimate of drug-likeness (QED) is 0.807. The molecule has 0 fully saturated rings. The first kappa shape index (κ1) is 10.8. The largest absolute Gasteiger partial charge is 0.348 e. The summed E-state index contributed by atoms with van der Waals surface area (Å²) in [6, 6.07) is 9.85. The summed E-state index contributed by atoms with van der Waals surface area (Å²) < 4.78 is 0.348. The minimum absolute atomic E-state index is 0.348. The topological polar surface area (TPSA) is 44.8 Å². The lowest BCUT2D eigenvalue weighted by Crippen LogP contribution is -2.13. The molecule has 0 radical (unpaired) electrons. The van der Waals surface area contributed by atoms with Crippen LogP contribution in [-0.2, 0) is 0 Å². The molecular weight excluding hydrogens is 220 g/mol. The standard InChI is InChI=1S/C11H12N4S/c1-15(2)10-12-9(13-11(16)14-10)8-6-4-3-5-7-8/h3-7H,1-2H3,(H,12,13,14,16). The third kappa shape index (κ3) is 2.25. The van der Waals surface area contributed by atoms with E-state index in [2.05, 4.69) is 15.0 Å². The van der Waals surface area contributed by atoms with Crippen LogP contribution < -0.4 is 4.90 Å². The number of nitrogens with one attached hydrogen (secondary N) is 1. The number of aromatic amines is 1. The van der Waals surface area contributed by atoms with E-state index in [1.807, 2.05) is 49.3 Å². The second kappa shape index (κ2) is 4.40. The van der Waals surface area contributed by atoms with Gasteiger partial charge in [-0.2, -0.15) is 4.98 Å². The number of aromatic nitrogens is 3. The normalized spacial score (nSPS) is 10.1. The highest BCUT2D eigenvalue weighted by Crippen LogP contribution is 2.15. The first-order valence-corrected chi connectivity index (χ1v) is 5.29. The molecule has 0 saturated heterocycles. The highest BCUT2D eigenvalue weighted by atomic mass is 32.1. The highest BCUT2D eigenvalue weighted by molar-refractivity contribution is 7.71. The second-order valence-electron chi connectivity index (χ2n) is 3.56. The maximum Gasteiger partial charge on any atom is 0.224 e. The fourth-order valence-electron chi connectivity index (χ4n) is 1.32. The van der Waals surface area contributed by atoms with Crippen LogP contribution in [-0.4, -0.2) is 29.0 Å². The average Bonchev–Trinajstić information content (AvgIpc) is 2.29. The molecule has 2 aromatic rings. The number of nitrogens with zero attached hydrogens (tertiary/aromatic N) is 3. The lowest BCUT2D eigenvalue weighted by atomic mass is 10.2. The molecular formula is C11H12N4S. The van der Waals surface area contributed by atoms with Gasteiger partial charge in [0.15, 0.2) is 0 Å². The summed E-state index contributed by atoms with van der Waals surface area (Å²) in [7, 11) is 3.81. The van der Waals surface area contributed by atoms with Crippen LogP contribution in [0.1, 0.15) is 0 Å². The molecule has 16 heavy (non-hydrogen) atoms. The Morgan fingerprint density at radius 1 is 1.12 bits per heavy atom. The van der Waals surface area contributed by atoms with Crippen LogP contribution in [0.5, 0.6) is 0 Å². The Bertz CT molecular complexity index is 533. The van der Waals surface area contributed by atoms with Crippen molar-refractivity contribution in [3.63, 3.8) is 0 Å². The summed E-state index contributed by atoms with van der Waals surface area (Å²) in [6.07, 6.45) is 0. The van der Waals surface area contributed by atoms with Crippen molar-refractivity contribution in [2.45, 2.75) is 0 Å². The van der Waals surface area contributed by atoms with Gasteiger partial charge in [-0.1, -0.05) is 30.3 Å². The molecule has 0 saturated carbocycles. The van der Waals surface area contributed by atoms with Gasteiger partial charge in [0.25, 0.3) is 0 Å². The molecule has 0 aliphatic rings. The molecule has 0 aliphatic heterocycles. The third-order valence-corrected chi connectivity index (χ3v) is 2.29. The highest BCUT2D eigenvalue weighted by Gasteiger charge is 2.03. The lowest BCUT2D eigenvalue weighted by Gasteiger charge is -2.11. The molecule has 2 rings (SSSR count). The van der Waals surface area contributed by atoms with Crippen LogP contribution in [0, 0.1) is 4.77 Å². The Labute approximate surface area is 99.0 Å². The van der Waals surface area contributed by atoms with Crippen LogP contribution in [0.2, 0.25) is 0 Å². The Hall–Kier alpha value is -1.75. The zero-order chi connectivity index (χ0) is 11.5. The minimum Gasteiger partial charge on any atom is -0.348 e. The van der Waals surface area contributed by atoms with Crippen molar-refractivity contribution in [1.82, 2.24) is 15.0 Å². The van der Waals surface area contributed by atoms with Crippen molar-refractivity contribution < 1.29 is 0 Å². The maximum atomic E-state index is 5.04. The van der Waals surface area contributed by atoms with E-state index in [0.29, 0.717) is 10.7 Å². The maximum absolute atomic E-state index is 5.04. The number of anilines is 1. The lowest BCUT2D eigenvalue weighted by molar-refractivity contribution is 0.950. The van der Waals surface area contributed by atoms with E-state index in [1.165, 1.54) is 0 Å². The van der Waals surface area contributed by atoms with E-state index in [4.69, 9.17) is 12.2 Å². The molecule has 0 amide bonds. The molecule has 1 N–H and O–H groups in total. The van der Waals surface area contributed by atoms with E-state index in [1.54, 1.807) is 0 Å². The molecule has 4 nitrogen and oxygen atoms in total. The molecule has 0 unspecified atom stereocenters. The first-order chi connectivity index (χ1) is 7.66. The second-order valence-corrected chi connectivity index (χ2v) is 3.93. The summed E-state index contributed by atoms with van der Waals surface area (Å²) in [5.74, 6) is 1.45. The van der Waals surface area contributed by atoms with E-state index >= 15 is 0 Å². The molecule has 82 valence electrons. The van der Waals surface area contributed by atoms with Crippen LogP contribution in [0.4, 0.5) is 5.95 Å². The van der Waals surface area contributed by atoms with Crippen molar-refractivity contribution >= 4 is 18.2 Å². The molecule has 1 heterocycles. The minimum atomic E-state index is 0.348. The van der Waals surface area contributed by atoms with Gasteiger partial charge in [-0.05, 0) is 12.2 Å². The van der Waals surface area contributed by atoms with Gasteiger partial charge in [0.05, 0.1) is 0 Å². The number of H-pyrrole nitrogens is 1. The zero-order valence-corrected chi connectivity index (χ0v) is 9.95. The first-order valence-electron chi connectivity index (χ1n) is 4.88. The zero-order valence-electron chi connectivity index (χ0n) is 9.14. The van der Waals surface area contributed by atoms with Gasteiger partial charge in [-0.25, -0.2) is 4.98 Å². The molecule has 1 aromatic carbocycles. The Morgan fingerprint density at radius 3 is 2.44 bits per heavy atom. The van der Waals surface area contributed by atoms with Crippen molar-refractivity contribution in [2.75, 3.05) is 19.0 Å². The smallest absolute Gasteiger partial charge is 0.224 e. The van der Waals surface area contributed by atoms with Gasteiger partial charge in [0.1, 0.15) is 5.82 Å². The summed E-state index contributed by atoms with van der Waals surface area (Å²) >= 11 is 5.04. The van der Waals surface area contributed by atoms with Crippen LogP contribution >= 0.6 is 12.2 Å². The van der Waals surface area contributed by atoms with Crippen molar-refractivity contribution in [3.05, 3.63) is 35.1 Å². The molecule has 1 aromatic heterocycles. The Morgan fingerprint density at radius 2 is 1.81 bits per heavy atom. The fraction of sp³-hybridized carbons (Fsp3) is 0.182. The van der Waals surface area contributed by atoms with Gasteiger partial charge < -0.3 is 9.88 Å². The van der Waals surface area contributed by atoms with Crippen molar-refractivity contribution in [2.24, 2.45) is 0 Å². The van der Waals surface area contributed by atoms with E-state index in [9.17, 15) is 0 Å². The predicted octanol–water partition coefficient (Wildman–Crippen LogP) is 2.27. The molecule has 5 heteroatoms. The molecule has 0 bridgehead atoms. The summed E-state index contributed by atoms with van der Waals surface area (Å²) in [5, 5.41) is 0. The summed E-state index contributed by atoms with van der Waals surface area (Å²) in [4.78, 5) is 13.3. The third-order valence-electron chi connectivity index (χ3n) is 2.11. The van der Waals surface area contributed by atoms with Gasteiger partial charge >= 0.3 is 0 Å². The van der Waals surface area contributed by atoms with Crippen molar-refractivity contribution in [1.29, 1.82) is 0 Å². The van der Waals surface area contributed by atoms with Crippen LogP contribution in [0.25, 0.3) is 11.4 Å². The SMILES string of the molecule is CN(C)c1nc(=S)nc(-c2ccccc2)[nH]1.